The first-order valence-electron chi connectivity index (χ1n) is 7.65. The SMILES string of the molecule is Cc1ccc(CN2CCCN(C(=O)c3cn[nH]n3)CC2)cc1. The quantitative estimate of drug-likeness (QED) is 0.932. The molecule has 0 radical (unpaired) electrons. The molecule has 1 N–H and O–H groups in total. The smallest absolute Gasteiger partial charge is 0.276 e. The predicted octanol–water partition coefficient (Wildman–Crippen LogP) is 1.46. The van der Waals surface area contributed by atoms with Gasteiger partial charge in [0.05, 0.1) is 6.20 Å². The molecule has 0 spiro atoms. The number of aromatic nitrogens is 3. The van der Waals surface area contributed by atoms with Crippen LogP contribution in [0.5, 0.6) is 0 Å². The molecule has 6 heteroatoms. The van der Waals surface area contributed by atoms with Crippen molar-refractivity contribution in [1.29, 1.82) is 0 Å². The standard InChI is InChI=1S/C16H21N5O/c1-13-3-5-14(6-4-13)12-20-7-2-8-21(10-9-20)16(22)15-11-17-19-18-15/h3-6,11H,2,7-10,12H2,1H3,(H,17,18,19). The van der Waals surface area contributed by atoms with Crippen molar-refractivity contribution in [3.63, 3.8) is 0 Å². The molecular weight excluding hydrogens is 278 g/mol. The third kappa shape index (κ3) is 3.51. The second-order valence-corrected chi connectivity index (χ2v) is 5.76. The van der Waals surface area contributed by atoms with Gasteiger partial charge < -0.3 is 4.90 Å². The van der Waals surface area contributed by atoms with E-state index < -0.39 is 0 Å². The third-order valence-corrected chi connectivity index (χ3v) is 4.04. The fourth-order valence-electron chi connectivity index (χ4n) is 2.75. The Morgan fingerprint density at radius 3 is 2.73 bits per heavy atom. The maximum absolute atomic E-state index is 12.3. The first-order chi connectivity index (χ1) is 10.7. The predicted molar refractivity (Wildman–Crippen MR) is 83.4 cm³/mol. The molecule has 3 rings (SSSR count). The van der Waals surface area contributed by atoms with E-state index in [1.807, 2.05) is 4.90 Å². The van der Waals surface area contributed by atoms with E-state index in [2.05, 4.69) is 51.5 Å². The van der Waals surface area contributed by atoms with Gasteiger partial charge >= 0.3 is 0 Å². The number of aromatic amines is 1. The normalized spacial score (nSPS) is 16.5. The zero-order valence-electron chi connectivity index (χ0n) is 12.8. The van der Waals surface area contributed by atoms with Crippen molar-refractivity contribution in [2.24, 2.45) is 0 Å². The molecule has 0 atom stereocenters. The molecule has 1 saturated heterocycles. The zero-order valence-corrected chi connectivity index (χ0v) is 12.8. The summed E-state index contributed by atoms with van der Waals surface area (Å²) in [5, 5.41) is 10.1. The number of nitrogens with zero attached hydrogens (tertiary/aromatic N) is 4. The minimum atomic E-state index is -0.0362. The lowest BCUT2D eigenvalue weighted by Crippen LogP contribution is -2.35. The monoisotopic (exact) mass is 299 g/mol. The molecule has 1 amide bonds. The minimum absolute atomic E-state index is 0.0362. The summed E-state index contributed by atoms with van der Waals surface area (Å²) in [6.07, 6.45) is 2.47. The average molecular weight is 299 g/mol. The first kappa shape index (κ1) is 14.7. The largest absolute Gasteiger partial charge is 0.336 e. The highest BCUT2D eigenvalue weighted by atomic mass is 16.2. The van der Waals surface area contributed by atoms with E-state index in [4.69, 9.17) is 0 Å². The average Bonchev–Trinajstić information content (AvgIpc) is 2.96. The van der Waals surface area contributed by atoms with Crippen molar-refractivity contribution in [3.05, 3.63) is 47.3 Å². The summed E-state index contributed by atoms with van der Waals surface area (Å²) >= 11 is 0. The van der Waals surface area contributed by atoms with Crippen molar-refractivity contribution in [2.45, 2.75) is 19.9 Å². The first-order valence-corrected chi connectivity index (χ1v) is 7.65. The van der Waals surface area contributed by atoms with E-state index in [0.717, 1.165) is 39.1 Å². The number of benzene rings is 1. The highest BCUT2D eigenvalue weighted by Gasteiger charge is 2.21. The van der Waals surface area contributed by atoms with Gasteiger partial charge in [0.2, 0.25) is 0 Å². The van der Waals surface area contributed by atoms with Gasteiger partial charge in [0, 0.05) is 32.7 Å². The second-order valence-electron chi connectivity index (χ2n) is 5.76. The van der Waals surface area contributed by atoms with E-state index in [9.17, 15) is 4.79 Å². The maximum atomic E-state index is 12.3. The molecule has 2 aromatic rings. The van der Waals surface area contributed by atoms with Crippen molar-refractivity contribution in [2.75, 3.05) is 26.2 Å². The zero-order chi connectivity index (χ0) is 15.4. The van der Waals surface area contributed by atoms with Gasteiger partial charge in [0.15, 0.2) is 5.69 Å². The molecule has 116 valence electrons. The summed E-state index contributed by atoms with van der Waals surface area (Å²) in [6.45, 7) is 6.44. The summed E-state index contributed by atoms with van der Waals surface area (Å²) in [5.41, 5.74) is 3.00. The number of rotatable bonds is 3. The fourth-order valence-corrected chi connectivity index (χ4v) is 2.75. The van der Waals surface area contributed by atoms with Crippen LogP contribution in [0.25, 0.3) is 0 Å². The van der Waals surface area contributed by atoms with E-state index >= 15 is 0 Å². The molecule has 1 aromatic heterocycles. The Kier molecular flexibility index (Phi) is 4.48. The molecule has 22 heavy (non-hydrogen) atoms. The van der Waals surface area contributed by atoms with Crippen LogP contribution in [0, 0.1) is 6.92 Å². The number of carbonyl (C=O) groups excluding carboxylic acids is 1. The van der Waals surface area contributed by atoms with Crippen molar-refractivity contribution < 1.29 is 4.79 Å². The van der Waals surface area contributed by atoms with Gasteiger partial charge in [-0.05, 0) is 18.9 Å². The number of nitrogens with one attached hydrogen (secondary N) is 1. The Morgan fingerprint density at radius 1 is 1.18 bits per heavy atom. The van der Waals surface area contributed by atoms with Gasteiger partial charge in [0.1, 0.15) is 0 Å². The Bertz CT molecular complexity index is 608. The second kappa shape index (κ2) is 6.70. The van der Waals surface area contributed by atoms with Gasteiger partial charge in [-0.1, -0.05) is 29.8 Å². The highest BCUT2D eigenvalue weighted by Crippen LogP contribution is 2.11. The molecule has 0 saturated carbocycles. The molecule has 1 aromatic carbocycles. The molecule has 0 unspecified atom stereocenters. The van der Waals surface area contributed by atoms with Crippen molar-refractivity contribution in [1.82, 2.24) is 25.2 Å². The molecule has 2 heterocycles. The summed E-state index contributed by atoms with van der Waals surface area (Å²) in [7, 11) is 0. The van der Waals surface area contributed by atoms with E-state index in [1.165, 1.54) is 17.3 Å². The maximum Gasteiger partial charge on any atom is 0.276 e. The Hall–Kier alpha value is -2.21. The summed E-state index contributed by atoms with van der Waals surface area (Å²) in [4.78, 5) is 16.6. The molecule has 0 aliphatic carbocycles. The molecule has 6 nitrogen and oxygen atoms in total. The lowest BCUT2D eigenvalue weighted by Gasteiger charge is -2.21. The number of hydrogen-bond acceptors (Lipinski definition) is 4. The fraction of sp³-hybridized carbons (Fsp3) is 0.438. The lowest BCUT2D eigenvalue weighted by molar-refractivity contribution is 0.0755. The highest BCUT2D eigenvalue weighted by molar-refractivity contribution is 5.91. The topological polar surface area (TPSA) is 65.1 Å². The summed E-state index contributed by atoms with van der Waals surface area (Å²) in [6, 6.07) is 8.65. The van der Waals surface area contributed by atoms with Crippen molar-refractivity contribution in [3.8, 4) is 0 Å². The summed E-state index contributed by atoms with van der Waals surface area (Å²) in [5.74, 6) is -0.0362. The molecular formula is C16H21N5O. The number of aryl methyl sites for hydroxylation is 1. The van der Waals surface area contributed by atoms with Crippen LogP contribution in [0.15, 0.2) is 30.5 Å². The van der Waals surface area contributed by atoms with Crippen LogP contribution in [0.3, 0.4) is 0 Å². The van der Waals surface area contributed by atoms with Gasteiger partial charge in [0.25, 0.3) is 5.91 Å². The van der Waals surface area contributed by atoms with Crippen molar-refractivity contribution >= 4 is 5.91 Å². The minimum Gasteiger partial charge on any atom is -0.336 e. The van der Waals surface area contributed by atoms with Crippen LogP contribution in [0.4, 0.5) is 0 Å². The Labute approximate surface area is 130 Å². The van der Waals surface area contributed by atoms with Gasteiger partial charge in [-0.2, -0.15) is 15.4 Å². The van der Waals surface area contributed by atoms with Gasteiger partial charge in [-0.3, -0.25) is 9.69 Å². The third-order valence-electron chi connectivity index (χ3n) is 4.04. The van der Waals surface area contributed by atoms with Crippen LogP contribution >= 0.6 is 0 Å². The number of H-pyrrole nitrogens is 1. The summed E-state index contributed by atoms with van der Waals surface area (Å²) < 4.78 is 0. The molecule has 1 aliphatic heterocycles. The Morgan fingerprint density at radius 2 is 2.00 bits per heavy atom. The molecule has 1 fully saturated rings. The van der Waals surface area contributed by atoms with Gasteiger partial charge in [-0.15, -0.1) is 0 Å². The van der Waals surface area contributed by atoms with E-state index in [-0.39, 0.29) is 5.91 Å². The van der Waals surface area contributed by atoms with E-state index in [0.29, 0.717) is 5.69 Å². The number of amides is 1. The van der Waals surface area contributed by atoms with Crippen LogP contribution in [0.2, 0.25) is 0 Å². The lowest BCUT2D eigenvalue weighted by atomic mass is 10.1. The van der Waals surface area contributed by atoms with E-state index in [1.54, 1.807) is 0 Å². The Balaban J connectivity index is 1.58. The van der Waals surface area contributed by atoms with Crippen LogP contribution in [-0.2, 0) is 6.54 Å². The van der Waals surface area contributed by atoms with Crippen LogP contribution in [-0.4, -0.2) is 57.3 Å². The number of hydrogen-bond donors (Lipinski definition) is 1. The van der Waals surface area contributed by atoms with Crippen LogP contribution in [0.1, 0.15) is 28.0 Å². The molecule has 1 aliphatic rings. The van der Waals surface area contributed by atoms with Crippen LogP contribution < -0.4 is 0 Å². The number of carbonyl (C=O) groups is 1. The molecule has 0 bridgehead atoms. The van der Waals surface area contributed by atoms with Gasteiger partial charge in [-0.25, -0.2) is 0 Å².